The highest BCUT2D eigenvalue weighted by atomic mass is 16.3. The maximum absolute atomic E-state index is 8.94. The Bertz CT molecular complexity index is 509. The average molecular weight is 248 g/mol. The largest absolute Gasteiger partial charge is 0.395 e. The summed E-state index contributed by atoms with van der Waals surface area (Å²) in [4.78, 5) is 6.69. The molecule has 1 aromatic carbocycles. The Balaban J connectivity index is 2.33. The van der Waals surface area contributed by atoms with Crippen molar-refractivity contribution in [3.8, 4) is 0 Å². The minimum absolute atomic E-state index is 0.160. The number of aliphatic hydroxyl groups is 1. The van der Waals surface area contributed by atoms with Gasteiger partial charge in [-0.2, -0.15) is 0 Å². The lowest BCUT2D eigenvalue weighted by atomic mass is 10.3. The SMILES string of the molecule is CN(CCO)Cc1nc2ccccc2n1CCN. The summed E-state index contributed by atoms with van der Waals surface area (Å²) in [5.74, 6) is 0.998. The summed E-state index contributed by atoms with van der Waals surface area (Å²) in [6, 6.07) is 8.08. The number of para-hydroxylation sites is 2. The van der Waals surface area contributed by atoms with E-state index in [-0.39, 0.29) is 6.61 Å². The van der Waals surface area contributed by atoms with Crippen LogP contribution in [0.2, 0.25) is 0 Å². The smallest absolute Gasteiger partial charge is 0.124 e. The number of hydrogen-bond donors (Lipinski definition) is 2. The molecule has 1 aromatic heterocycles. The number of nitrogens with zero attached hydrogens (tertiary/aromatic N) is 3. The molecule has 0 spiro atoms. The van der Waals surface area contributed by atoms with Crippen LogP contribution in [-0.2, 0) is 13.1 Å². The van der Waals surface area contributed by atoms with E-state index in [1.165, 1.54) is 0 Å². The van der Waals surface area contributed by atoms with E-state index in [0.29, 0.717) is 13.1 Å². The van der Waals surface area contributed by atoms with Crippen LogP contribution in [0.4, 0.5) is 0 Å². The molecule has 0 bridgehead atoms. The Morgan fingerprint density at radius 2 is 2.17 bits per heavy atom. The van der Waals surface area contributed by atoms with Crippen molar-refractivity contribution in [3.05, 3.63) is 30.1 Å². The summed E-state index contributed by atoms with van der Waals surface area (Å²) < 4.78 is 2.16. The van der Waals surface area contributed by atoms with Crippen LogP contribution in [0.3, 0.4) is 0 Å². The number of likely N-dealkylation sites (N-methyl/N-ethyl adjacent to an activating group) is 1. The summed E-state index contributed by atoms with van der Waals surface area (Å²) in [6.45, 7) is 2.88. The molecule has 0 aliphatic rings. The van der Waals surface area contributed by atoms with E-state index in [9.17, 15) is 0 Å². The summed E-state index contributed by atoms with van der Waals surface area (Å²) in [5, 5.41) is 8.94. The maximum Gasteiger partial charge on any atom is 0.124 e. The lowest BCUT2D eigenvalue weighted by Crippen LogP contribution is -2.24. The van der Waals surface area contributed by atoms with E-state index in [0.717, 1.165) is 29.9 Å². The molecule has 5 heteroatoms. The highest BCUT2D eigenvalue weighted by Crippen LogP contribution is 2.16. The molecule has 98 valence electrons. The van der Waals surface area contributed by atoms with Crippen molar-refractivity contribution in [2.75, 3.05) is 26.7 Å². The summed E-state index contributed by atoms with van der Waals surface area (Å²) in [6.07, 6.45) is 0. The average Bonchev–Trinajstić information content (AvgIpc) is 2.68. The lowest BCUT2D eigenvalue weighted by molar-refractivity contribution is 0.213. The van der Waals surface area contributed by atoms with Gasteiger partial charge in [-0.15, -0.1) is 0 Å². The fourth-order valence-electron chi connectivity index (χ4n) is 2.12. The molecule has 0 saturated carbocycles. The van der Waals surface area contributed by atoms with Gasteiger partial charge in [0.15, 0.2) is 0 Å². The molecule has 0 amide bonds. The zero-order valence-corrected chi connectivity index (χ0v) is 10.7. The third kappa shape index (κ3) is 2.69. The minimum atomic E-state index is 0.160. The summed E-state index contributed by atoms with van der Waals surface area (Å²) in [5.41, 5.74) is 7.79. The molecule has 0 aliphatic heterocycles. The van der Waals surface area contributed by atoms with Crippen molar-refractivity contribution >= 4 is 11.0 Å². The van der Waals surface area contributed by atoms with Crippen LogP contribution in [-0.4, -0.2) is 46.3 Å². The van der Waals surface area contributed by atoms with Gasteiger partial charge in [-0.1, -0.05) is 12.1 Å². The van der Waals surface area contributed by atoms with Gasteiger partial charge in [0.25, 0.3) is 0 Å². The second kappa shape index (κ2) is 5.95. The molecule has 0 radical (unpaired) electrons. The fourth-order valence-corrected chi connectivity index (χ4v) is 2.12. The lowest BCUT2D eigenvalue weighted by Gasteiger charge is -2.15. The number of aliphatic hydroxyl groups excluding tert-OH is 1. The van der Waals surface area contributed by atoms with E-state index in [4.69, 9.17) is 10.8 Å². The number of benzene rings is 1. The van der Waals surface area contributed by atoms with E-state index >= 15 is 0 Å². The highest BCUT2D eigenvalue weighted by Gasteiger charge is 2.11. The second-order valence-electron chi connectivity index (χ2n) is 4.42. The molecule has 0 unspecified atom stereocenters. The first-order chi connectivity index (χ1) is 8.76. The molecule has 0 atom stereocenters. The molecular formula is C13H20N4O. The Hall–Kier alpha value is -1.43. The van der Waals surface area contributed by atoms with Crippen LogP contribution < -0.4 is 5.73 Å². The number of aromatic nitrogens is 2. The molecule has 0 saturated heterocycles. The molecular weight excluding hydrogens is 228 g/mol. The van der Waals surface area contributed by atoms with Crippen molar-refractivity contribution in [2.45, 2.75) is 13.1 Å². The van der Waals surface area contributed by atoms with Gasteiger partial charge in [0.2, 0.25) is 0 Å². The summed E-state index contributed by atoms with van der Waals surface area (Å²) in [7, 11) is 1.97. The van der Waals surface area contributed by atoms with Gasteiger partial charge in [0.1, 0.15) is 5.82 Å². The molecule has 0 fully saturated rings. The van der Waals surface area contributed by atoms with E-state index in [2.05, 4.69) is 15.6 Å². The van der Waals surface area contributed by atoms with E-state index in [1.54, 1.807) is 0 Å². The van der Waals surface area contributed by atoms with Gasteiger partial charge >= 0.3 is 0 Å². The van der Waals surface area contributed by atoms with Gasteiger partial charge in [-0.05, 0) is 19.2 Å². The van der Waals surface area contributed by atoms with Crippen molar-refractivity contribution < 1.29 is 5.11 Å². The van der Waals surface area contributed by atoms with Gasteiger partial charge in [-0.3, -0.25) is 4.90 Å². The van der Waals surface area contributed by atoms with Crippen LogP contribution in [0.25, 0.3) is 11.0 Å². The zero-order chi connectivity index (χ0) is 13.0. The predicted octanol–water partition coefficient (Wildman–Crippen LogP) is 0.419. The number of hydrogen-bond acceptors (Lipinski definition) is 4. The van der Waals surface area contributed by atoms with Crippen molar-refractivity contribution in [2.24, 2.45) is 5.73 Å². The molecule has 3 N–H and O–H groups in total. The quantitative estimate of drug-likeness (QED) is 0.777. The van der Waals surface area contributed by atoms with Crippen LogP contribution in [0, 0.1) is 0 Å². The van der Waals surface area contributed by atoms with Crippen LogP contribution in [0.5, 0.6) is 0 Å². The normalized spacial score (nSPS) is 11.6. The fraction of sp³-hybridized carbons (Fsp3) is 0.462. The second-order valence-corrected chi connectivity index (χ2v) is 4.42. The van der Waals surface area contributed by atoms with Gasteiger partial charge < -0.3 is 15.4 Å². The van der Waals surface area contributed by atoms with Crippen LogP contribution in [0.15, 0.2) is 24.3 Å². The monoisotopic (exact) mass is 248 g/mol. The first kappa shape index (κ1) is 13.0. The maximum atomic E-state index is 8.94. The zero-order valence-electron chi connectivity index (χ0n) is 10.7. The van der Waals surface area contributed by atoms with Crippen molar-refractivity contribution in [1.29, 1.82) is 0 Å². The molecule has 2 aromatic rings. The Kier molecular flexibility index (Phi) is 4.30. The first-order valence-corrected chi connectivity index (χ1v) is 6.20. The predicted molar refractivity (Wildman–Crippen MR) is 72.2 cm³/mol. The topological polar surface area (TPSA) is 67.3 Å². The van der Waals surface area contributed by atoms with E-state index < -0.39 is 0 Å². The third-order valence-electron chi connectivity index (χ3n) is 2.98. The number of fused-ring (bicyclic) bond motifs is 1. The molecule has 5 nitrogen and oxygen atoms in total. The molecule has 1 heterocycles. The number of imidazole rings is 1. The van der Waals surface area contributed by atoms with Crippen molar-refractivity contribution in [1.82, 2.24) is 14.5 Å². The van der Waals surface area contributed by atoms with Crippen LogP contribution in [0.1, 0.15) is 5.82 Å². The first-order valence-electron chi connectivity index (χ1n) is 6.20. The van der Waals surface area contributed by atoms with E-state index in [1.807, 2.05) is 30.1 Å². The van der Waals surface area contributed by atoms with Crippen LogP contribution >= 0.6 is 0 Å². The van der Waals surface area contributed by atoms with Gasteiger partial charge in [-0.25, -0.2) is 4.98 Å². The summed E-state index contributed by atoms with van der Waals surface area (Å²) >= 11 is 0. The van der Waals surface area contributed by atoms with Gasteiger partial charge in [0.05, 0.1) is 24.2 Å². The highest BCUT2D eigenvalue weighted by molar-refractivity contribution is 5.75. The standard InChI is InChI=1S/C13H20N4O/c1-16(8-9-18)10-13-15-11-4-2-3-5-12(11)17(13)7-6-14/h2-5,18H,6-10,14H2,1H3. The third-order valence-corrected chi connectivity index (χ3v) is 2.98. The molecule has 18 heavy (non-hydrogen) atoms. The molecule has 0 aliphatic carbocycles. The Morgan fingerprint density at radius 1 is 1.39 bits per heavy atom. The Morgan fingerprint density at radius 3 is 2.89 bits per heavy atom. The number of nitrogens with two attached hydrogens (primary N) is 1. The van der Waals surface area contributed by atoms with Crippen molar-refractivity contribution in [3.63, 3.8) is 0 Å². The molecule has 2 rings (SSSR count). The minimum Gasteiger partial charge on any atom is -0.395 e. The Labute approximate surface area is 107 Å². The number of rotatable bonds is 6. The van der Waals surface area contributed by atoms with Gasteiger partial charge in [0, 0.05) is 19.6 Å².